The second-order valence-electron chi connectivity index (χ2n) is 8.55. The molecule has 0 aliphatic heterocycles. The first-order chi connectivity index (χ1) is 15.7. The standard InChI is InChI=1S/C28H32N2O2S/c1-22-6-12-25(13-7-22)28(33(31)32,20-18-23-8-14-26(15-9-23)29(2)3)21-19-24-10-16-27(17-11-24)30(4)5/h6-21H,1-5H3,(H,31,32). The van der Waals surface area contributed by atoms with Crippen LogP contribution in [0, 0.1) is 6.92 Å². The number of benzene rings is 3. The molecule has 0 bridgehead atoms. The van der Waals surface area contributed by atoms with E-state index in [0.717, 1.165) is 33.6 Å². The van der Waals surface area contributed by atoms with Gasteiger partial charge in [0.2, 0.25) is 0 Å². The Morgan fingerprint density at radius 1 is 0.697 bits per heavy atom. The zero-order valence-electron chi connectivity index (χ0n) is 19.9. The number of hydrogen-bond acceptors (Lipinski definition) is 3. The van der Waals surface area contributed by atoms with Gasteiger partial charge in [-0.3, -0.25) is 0 Å². The van der Waals surface area contributed by atoms with Crippen molar-refractivity contribution < 1.29 is 8.76 Å². The molecule has 0 aromatic heterocycles. The monoisotopic (exact) mass is 460 g/mol. The van der Waals surface area contributed by atoms with Crippen LogP contribution < -0.4 is 9.80 Å². The summed E-state index contributed by atoms with van der Waals surface area (Å²) in [6.07, 6.45) is 7.46. The Bertz CT molecular complexity index is 1070. The lowest BCUT2D eigenvalue weighted by Gasteiger charge is -2.24. The molecule has 33 heavy (non-hydrogen) atoms. The van der Waals surface area contributed by atoms with Gasteiger partial charge in [-0.2, -0.15) is 0 Å². The normalized spacial score (nSPS) is 14.4. The van der Waals surface area contributed by atoms with Gasteiger partial charge >= 0.3 is 0 Å². The highest BCUT2D eigenvalue weighted by Gasteiger charge is 2.33. The quantitative estimate of drug-likeness (QED) is 0.421. The Hall–Kier alpha value is -3.15. The molecule has 0 saturated carbocycles. The van der Waals surface area contributed by atoms with Crippen LogP contribution in [0.25, 0.3) is 12.2 Å². The van der Waals surface area contributed by atoms with Crippen LogP contribution in [0.15, 0.2) is 84.9 Å². The van der Waals surface area contributed by atoms with Crippen LogP contribution in [-0.4, -0.2) is 37.0 Å². The largest absolute Gasteiger partial charge is 0.378 e. The zero-order chi connectivity index (χ0) is 24.0. The van der Waals surface area contributed by atoms with Crippen molar-refractivity contribution in [2.75, 3.05) is 38.0 Å². The molecule has 0 amide bonds. The van der Waals surface area contributed by atoms with Crippen molar-refractivity contribution in [1.29, 1.82) is 0 Å². The molecule has 0 radical (unpaired) electrons. The topological polar surface area (TPSA) is 43.8 Å². The molecule has 172 valence electrons. The molecule has 3 rings (SSSR count). The van der Waals surface area contributed by atoms with Gasteiger partial charge in [-0.1, -0.05) is 78.4 Å². The van der Waals surface area contributed by atoms with E-state index in [1.807, 2.05) is 142 Å². The van der Waals surface area contributed by atoms with E-state index in [9.17, 15) is 8.76 Å². The van der Waals surface area contributed by atoms with Gasteiger partial charge in [-0.15, -0.1) is 0 Å². The van der Waals surface area contributed by atoms with E-state index >= 15 is 0 Å². The highest BCUT2D eigenvalue weighted by atomic mass is 32.2. The van der Waals surface area contributed by atoms with Gasteiger partial charge in [0.1, 0.15) is 4.75 Å². The summed E-state index contributed by atoms with van der Waals surface area (Å²) >= 11 is -2.18. The Morgan fingerprint density at radius 3 is 1.42 bits per heavy atom. The van der Waals surface area contributed by atoms with E-state index in [2.05, 4.69) is 0 Å². The summed E-state index contributed by atoms with van der Waals surface area (Å²) in [4.78, 5) is 4.08. The Labute approximate surface area is 200 Å². The van der Waals surface area contributed by atoms with Crippen LogP contribution in [0.5, 0.6) is 0 Å². The average Bonchev–Trinajstić information content (AvgIpc) is 2.80. The minimum atomic E-state index is -2.18. The van der Waals surface area contributed by atoms with Crippen molar-refractivity contribution in [3.05, 3.63) is 107 Å². The summed E-state index contributed by atoms with van der Waals surface area (Å²) in [5.41, 5.74) is 5.99. The third-order valence-corrected chi connectivity index (χ3v) is 6.74. The third kappa shape index (κ3) is 6.01. The Balaban J connectivity index is 2.04. The molecule has 0 aliphatic carbocycles. The molecule has 0 heterocycles. The summed E-state index contributed by atoms with van der Waals surface area (Å²) in [5, 5.41) is 0. The van der Waals surface area contributed by atoms with Gasteiger partial charge in [0.05, 0.1) is 0 Å². The SMILES string of the molecule is Cc1ccc(C(C=Cc2ccc(N(C)C)cc2)(C=Cc2ccc(N(C)C)cc2)S(=O)O)cc1. The summed E-state index contributed by atoms with van der Waals surface area (Å²) in [7, 11) is 7.99. The van der Waals surface area contributed by atoms with Crippen molar-refractivity contribution in [3.8, 4) is 0 Å². The predicted molar refractivity (Wildman–Crippen MR) is 143 cm³/mol. The summed E-state index contributed by atoms with van der Waals surface area (Å²) < 4.78 is 22.2. The van der Waals surface area contributed by atoms with E-state index < -0.39 is 15.8 Å². The molecule has 1 unspecified atom stereocenters. The lowest BCUT2D eigenvalue weighted by molar-refractivity contribution is 0.545. The molecule has 3 aromatic carbocycles. The van der Waals surface area contributed by atoms with Crippen LogP contribution in [0.4, 0.5) is 11.4 Å². The second kappa shape index (κ2) is 10.6. The first kappa shape index (κ1) is 24.5. The van der Waals surface area contributed by atoms with Crippen molar-refractivity contribution in [2.45, 2.75) is 11.7 Å². The highest BCUT2D eigenvalue weighted by Crippen LogP contribution is 2.33. The van der Waals surface area contributed by atoms with Crippen molar-refractivity contribution in [1.82, 2.24) is 0 Å². The maximum absolute atomic E-state index is 12.8. The first-order valence-corrected chi connectivity index (χ1v) is 11.9. The van der Waals surface area contributed by atoms with Gasteiger partial charge in [0, 0.05) is 39.6 Å². The van der Waals surface area contributed by atoms with Gasteiger partial charge in [-0.05, 0) is 47.9 Å². The van der Waals surface area contributed by atoms with Crippen molar-refractivity contribution in [2.24, 2.45) is 0 Å². The number of nitrogens with zero attached hydrogens (tertiary/aromatic N) is 2. The maximum atomic E-state index is 12.8. The van der Waals surface area contributed by atoms with Gasteiger partial charge in [-0.25, -0.2) is 4.21 Å². The van der Waals surface area contributed by atoms with Crippen molar-refractivity contribution >= 4 is 34.6 Å². The molecular weight excluding hydrogens is 428 g/mol. The van der Waals surface area contributed by atoms with E-state index in [1.165, 1.54) is 0 Å². The minimum Gasteiger partial charge on any atom is -0.378 e. The van der Waals surface area contributed by atoms with E-state index in [-0.39, 0.29) is 0 Å². The summed E-state index contributed by atoms with van der Waals surface area (Å²) in [5.74, 6) is 0. The fourth-order valence-corrected chi connectivity index (χ4v) is 4.19. The van der Waals surface area contributed by atoms with E-state index in [0.29, 0.717) is 0 Å². The number of anilines is 2. The fourth-order valence-electron chi connectivity index (χ4n) is 3.49. The second-order valence-corrected chi connectivity index (χ2v) is 9.72. The van der Waals surface area contributed by atoms with Crippen LogP contribution in [-0.2, 0) is 15.8 Å². The molecule has 4 nitrogen and oxygen atoms in total. The lowest BCUT2D eigenvalue weighted by Crippen LogP contribution is -2.26. The van der Waals surface area contributed by atoms with Crippen LogP contribution in [0.2, 0.25) is 0 Å². The molecule has 1 atom stereocenters. The van der Waals surface area contributed by atoms with Crippen molar-refractivity contribution in [3.63, 3.8) is 0 Å². The minimum absolute atomic E-state index is 0.760. The molecular formula is C28H32N2O2S. The van der Waals surface area contributed by atoms with Gasteiger partial charge in [0.15, 0.2) is 11.1 Å². The zero-order valence-corrected chi connectivity index (χ0v) is 20.7. The van der Waals surface area contributed by atoms with Gasteiger partial charge in [0.25, 0.3) is 0 Å². The van der Waals surface area contributed by atoms with Gasteiger partial charge < -0.3 is 14.4 Å². The first-order valence-electron chi connectivity index (χ1n) is 10.8. The maximum Gasteiger partial charge on any atom is 0.171 e. The molecule has 3 aromatic rings. The smallest absolute Gasteiger partial charge is 0.171 e. The van der Waals surface area contributed by atoms with Crippen LogP contribution in [0.3, 0.4) is 0 Å². The van der Waals surface area contributed by atoms with E-state index in [4.69, 9.17) is 0 Å². The predicted octanol–water partition coefficient (Wildman–Crippen LogP) is 5.97. The van der Waals surface area contributed by atoms with Crippen LogP contribution >= 0.6 is 0 Å². The fraction of sp³-hybridized carbons (Fsp3) is 0.214. The van der Waals surface area contributed by atoms with Crippen LogP contribution in [0.1, 0.15) is 22.3 Å². The summed E-state index contributed by atoms with van der Waals surface area (Å²) in [6, 6.07) is 23.9. The lowest BCUT2D eigenvalue weighted by atomic mass is 9.94. The average molecular weight is 461 g/mol. The number of rotatable bonds is 8. The number of aryl methyl sites for hydroxylation is 1. The highest BCUT2D eigenvalue weighted by molar-refractivity contribution is 7.80. The molecule has 0 aliphatic rings. The number of hydrogen-bond donors (Lipinski definition) is 1. The molecule has 0 fully saturated rings. The molecule has 0 saturated heterocycles. The summed E-state index contributed by atoms with van der Waals surface area (Å²) in [6.45, 7) is 2.01. The Kier molecular flexibility index (Phi) is 7.90. The molecule has 0 spiro atoms. The third-order valence-electron chi connectivity index (χ3n) is 5.66. The molecule has 1 N–H and O–H groups in total. The molecule has 5 heteroatoms. The van der Waals surface area contributed by atoms with E-state index in [1.54, 1.807) is 0 Å². The Morgan fingerprint density at radius 2 is 1.09 bits per heavy atom.